The topological polar surface area (TPSA) is 33.0 Å². The summed E-state index contributed by atoms with van der Waals surface area (Å²) in [5.41, 5.74) is 0.939. The Labute approximate surface area is 95.3 Å². The van der Waals surface area contributed by atoms with Crippen molar-refractivity contribution in [2.45, 2.75) is 12.8 Å². The lowest BCUT2D eigenvalue weighted by atomic mass is 10.1. The second-order valence-electron chi connectivity index (χ2n) is 4.09. The zero-order valence-electron chi connectivity index (χ0n) is 8.44. The Bertz CT molecular complexity index is 393. The first-order chi connectivity index (χ1) is 7.28. The van der Waals surface area contributed by atoms with E-state index in [0.29, 0.717) is 17.6 Å². The molecule has 2 rings (SSSR count). The van der Waals surface area contributed by atoms with Crippen LogP contribution in [0.3, 0.4) is 0 Å². The molecule has 1 saturated carbocycles. The van der Waals surface area contributed by atoms with Gasteiger partial charge < -0.3 is 4.74 Å². The highest BCUT2D eigenvalue weighted by atomic mass is 32.1. The third-order valence-electron chi connectivity index (χ3n) is 2.80. The summed E-state index contributed by atoms with van der Waals surface area (Å²) < 4.78 is 5.67. The third kappa shape index (κ3) is 2.45. The fourth-order valence-corrected chi connectivity index (χ4v) is 1.82. The predicted octanol–water partition coefficient (Wildman–Crippen LogP) is 2.65. The molecule has 1 aromatic rings. The fraction of sp³-hybridized carbons (Fsp3) is 0.417. The van der Waals surface area contributed by atoms with Gasteiger partial charge in [0, 0.05) is 5.41 Å². The van der Waals surface area contributed by atoms with Crippen LogP contribution >= 0.6 is 12.6 Å². The molecule has 0 spiro atoms. The van der Waals surface area contributed by atoms with Gasteiger partial charge in [0.25, 0.3) is 0 Å². The van der Waals surface area contributed by atoms with E-state index in [0.717, 1.165) is 11.5 Å². The predicted molar refractivity (Wildman–Crippen MR) is 62.2 cm³/mol. The molecule has 1 aromatic carbocycles. The Morgan fingerprint density at radius 3 is 2.87 bits per heavy atom. The van der Waals surface area contributed by atoms with Crippen molar-refractivity contribution in [2.24, 2.45) is 5.41 Å². The molecule has 1 fully saturated rings. The van der Waals surface area contributed by atoms with E-state index in [1.165, 1.54) is 12.8 Å². The van der Waals surface area contributed by atoms with Gasteiger partial charge in [0.15, 0.2) is 0 Å². The molecule has 0 radical (unpaired) electrons. The van der Waals surface area contributed by atoms with E-state index < -0.39 is 0 Å². The van der Waals surface area contributed by atoms with E-state index in [1.807, 2.05) is 12.1 Å². The van der Waals surface area contributed by atoms with Gasteiger partial charge in [-0.15, -0.1) is 0 Å². The number of nitrogens with zero attached hydrogens (tertiary/aromatic N) is 1. The number of hydrogen-bond acceptors (Lipinski definition) is 3. The van der Waals surface area contributed by atoms with Gasteiger partial charge >= 0.3 is 0 Å². The molecular weight excluding hydrogens is 206 g/mol. The minimum Gasteiger partial charge on any atom is -0.493 e. The van der Waals surface area contributed by atoms with Crippen LogP contribution in [0.5, 0.6) is 5.75 Å². The van der Waals surface area contributed by atoms with Gasteiger partial charge in [-0.25, -0.2) is 0 Å². The lowest BCUT2D eigenvalue weighted by Crippen LogP contribution is -2.14. The van der Waals surface area contributed by atoms with E-state index in [2.05, 4.69) is 18.7 Å². The van der Waals surface area contributed by atoms with Crippen LogP contribution in [0, 0.1) is 16.7 Å². The summed E-state index contributed by atoms with van der Waals surface area (Å²) in [6.07, 6.45) is 2.41. The van der Waals surface area contributed by atoms with E-state index in [-0.39, 0.29) is 0 Å². The number of hydrogen-bond donors (Lipinski definition) is 1. The summed E-state index contributed by atoms with van der Waals surface area (Å²) in [5.74, 6) is 1.66. The van der Waals surface area contributed by atoms with Crippen LogP contribution in [-0.4, -0.2) is 12.4 Å². The summed E-state index contributed by atoms with van der Waals surface area (Å²) in [6.45, 7) is 0.714. The van der Waals surface area contributed by atoms with Crippen LogP contribution in [0.4, 0.5) is 0 Å². The first-order valence-corrected chi connectivity index (χ1v) is 5.65. The molecule has 0 atom stereocenters. The summed E-state index contributed by atoms with van der Waals surface area (Å²) in [5, 5.41) is 8.73. The number of benzene rings is 1. The van der Waals surface area contributed by atoms with Gasteiger partial charge in [-0.3, -0.25) is 0 Å². The van der Waals surface area contributed by atoms with Crippen LogP contribution in [0.2, 0.25) is 0 Å². The molecule has 0 saturated heterocycles. The average Bonchev–Trinajstić information content (AvgIpc) is 3.07. The van der Waals surface area contributed by atoms with Crippen molar-refractivity contribution in [2.75, 3.05) is 12.4 Å². The molecule has 0 heterocycles. The SMILES string of the molecule is N#Cc1cccc(OCC2(CS)CC2)c1. The van der Waals surface area contributed by atoms with E-state index >= 15 is 0 Å². The summed E-state index contributed by atoms with van der Waals surface area (Å²) in [6, 6.07) is 9.37. The van der Waals surface area contributed by atoms with Crippen molar-refractivity contribution < 1.29 is 4.74 Å². The molecule has 1 aliphatic carbocycles. The van der Waals surface area contributed by atoms with Crippen LogP contribution in [0.1, 0.15) is 18.4 Å². The smallest absolute Gasteiger partial charge is 0.120 e. The molecule has 2 nitrogen and oxygen atoms in total. The van der Waals surface area contributed by atoms with E-state index in [4.69, 9.17) is 10.00 Å². The van der Waals surface area contributed by atoms with Crippen LogP contribution in [0.15, 0.2) is 24.3 Å². The summed E-state index contributed by atoms with van der Waals surface area (Å²) >= 11 is 4.32. The highest BCUT2D eigenvalue weighted by Gasteiger charge is 2.42. The Balaban J connectivity index is 1.96. The molecule has 1 aliphatic rings. The lowest BCUT2D eigenvalue weighted by Gasteiger charge is -2.13. The maximum Gasteiger partial charge on any atom is 0.120 e. The second kappa shape index (κ2) is 4.16. The first-order valence-electron chi connectivity index (χ1n) is 5.02. The normalized spacial score (nSPS) is 16.8. The maximum absolute atomic E-state index is 8.73. The van der Waals surface area contributed by atoms with Crippen molar-refractivity contribution in [3.05, 3.63) is 29.8 Å². The Morgan fingerprint density at radius 2 is 2.27 bits per heavy atom. The number of nitriles is 1. The number of ether oxygens (including phenoxy) is 1. The maximum atomic E-state index is 8.73. The van der Waals surface area contributed by atoms with E-state index in [1.54, 1.807) is 12.1 Å². The molecule has 0 aromatic heterocycles. The largest absolute Gasteiger partial charge is 0.493 e. The summed E-state index contributed by atoms with van der Waals surface area (Å²) in [7, 11) is 0. The molecule has 3 heteroatoms. The Morgan fingerprint density at radius 1 is 1.47 bits per heavy atom. The van der Waals surface area contributed by atoms with Crippen molar-refractivity contribution in [3.63, 3.8) is 0 Å². The zero-order valence-corrected chi connectivity index (χ0v) is 9.33. The van der Waals surface area contributed by atoms with Gasteiger partial charge in [-0.2, -0.15) is 17.9 Å². The third-order valence-corrected chi connectivity index (χ3v) is 3.47. The molecule has 78 valence electrons. The fourth-order valence-electron chi connectivity index (χ4n) is 1.42. The Hall–Kier alpha value is -1.14. The lowest BCUT2D eigenvalue weighted by molar-refractivity contribution is 0.250. The van der Waals surface area contributed by atoms with Gasteiger partial charge in [0.2, 0.25) is 0 Å². The molecule has 0 N–H and O–H groups in total. The van der Waals surface area contributed by atoms with Crippen molar-refractivity contribution in [1.29, 1.82) is 5.26 Å². The van der Waals surface area contributed by atoms with Crippen LogP contribution in [-0.2, 0) is 0 Å². The molecular formula is C12H13NOS. The quantitative estimate of drug-likeness (QED) is 0.790. The van der Waals surface area contributed by atoms with Gasteiger partial charge in [0.1, 0.15) is 5.75 Å². The number of rotatable bonds is 4. The summed E-state index contributed by atoms with van der Waals surface area (Å²) in [4.78, 5) is 0. The first kappa shape index (κ1) is 10.4. The van der Waals surface area contributed by atoms with Gasteiger partial charge in [0.05, 0.1) is 18.2 Å². The van der Waals surface area contributed by atoms with Crippen LogP contribution in [0.25, 0.3) is 0 Å². The van der Waals surface area contributed by atoms with Gasteiger partial charge in [-0.1, -0.05) is 6.07 Å². The molecule has 15 heavy (non-hydrogen) atoms. The standard InChI is InChI=1S/C12H13NOS/c13-7-10-2-1-3-11(6-10)14-8-12(9-15)4-5-12/h1-3,6,15H,4-5,8-9H2. The Kier molecular flexibility index (Phi) is 2.88. The van der Waals surface area contributed by atoms with Gasteiger partial charge in [-0.05, 0) is 36.8 Å². The average molecular weight is 219 g/mol. The van der Waals surface area contributed by atoms with E-state index in [9.17, 15) is 0 Å². The highest BCUT2D eigenvalue weighted by molar-refractivity contribution is 7.80. The van der Waals surface area contributed by atoms with Crippen molar-refractivity contribution in [1.82, 2.24) is 0 Å². The molecule has 0 unspecified atom stereocenters. The highest BCUT2D eigenvalue weighted by Crippen LogP contribution is 2.46. The van der Waals surface area contributed by atoms with Crippen molar-refractivity contribution >= 4 is 12.6 Å². The minimum absolute atomic E-state index is 0.297. The molecule has 0 amide bonds. The molecule has 0 aliphatic heterocycles. The van der Waals surface area contributed by atoms with Crippen LogP contribution < -0.4 is 4.74 Å². The van der Waals surface area contributed by atoms with Crippen molar-refractivity contribution in [3.8, 4) is 11.8 Å². The molecule has 0 bridgehead atoms. The monoisotopic (exact) mass is 219 g/mol. The second-order valence-corrected chi connectivity index (χ2v) is 4.40. The zero-order chi connectivity index (χ0) is 10.7. The minimum atomic E-state index is 0.297. The number of thiol groups is 1.